The SMILES string of the molecule is Cc1cc2c(cc1C(=O)OC(C)(C)C)sc1nc(-c3ccc([C@H]4CCCN4C(=O)OC(C)(C)C)cc3F)cn12. The summed E-state index contributed by atoms with van der Waals surface area (Å²) in [6, 6.07) is 8.66. The molecule has 206 valence electrons. The van der Waals surface area contributed by atoms with E-state index in [1.54, 1.807) is 11.0 Å². The van der Waals surface area contributed by atoms with Crippen LogP contribution >= 0.6 is 11.3 Å². The van der Waals surface area contributed by atoms with E-state index < -0.39 is 11.2 Å². The summed E-state index contributed by atoms with van der Waals surface area (Å²) in [5, 5.41) is 0. The number of aryl methyl sites for hydroxylation is 1. The molecule has 9 heteroatoms. The van der Waals surface area contributed by atoms with Gasteiger partial charge in [0.2, 0.25) is 0 Å². The van der Waals surface area contributed by atoms with Gasteiger partial charge in [-0.3, -0.25) is 4.40 Å². The molecule has 0 spiro atoms. The summed E-state index contributed by atoms with van der Waals surface area (Å²) in [7, 11) is 0. The van der Waals surface area contributed by atoms with Crippen LogP contribution in [0.3, 0.4) is 0 Å². The normalized spacial score (nSPS) is 16.3. The van der Waals surface area contributed by atoms with E-state index in [0.717, 1.165) is 34.2 Å². The number of aromatic nitrogens is 2. The summed E-state index contributed by atoms with van der Waals surface area (Å²) in [5.74, 6) is -0.745. The molecule has 7 nitrogen and oxygen atoms in total. The highest BCUT2D eigenvalue weighted by molar-refractivity contribution is 7.23. The third-order valence-corrected chi connectivity index (χ3v) is 7.61. The Morgan fingerprint density at radius 2 is 1.77 bits per heavy atom. The second-order valence-corrected chi connectivity index (χ2v) is 13.1. The van der Waals surface area contributed by atoms with Crippen LogP contribution in [0.15, 0.2) is 36.5 Å². The number of carbonyl (C=O) groups excluding carboxylic acids is 2. The van der Waals surface area contributed by atoms with Crippen LogP contribution in [-0.4, -0.2) is 44.1 Å². The molecular weight excluding hydrogens is 517 g/mol. The largest absolute Gasteiger partial charge is 0.456 e. The molecule has 3 heterocycles. The molecule has 0 bridgehead atoms. The highest BCUT2D eigenvalue weighted by Crippen LogP contribution is 2.36. The summed E-state index contributed by atoms with van der Waals surface area (Å²) in [6.07, 6.45) is 3.05. The van der Waals surface area contributed by atoms with Crippen molar-refractivity contribution in [3.8, 4) is 11.3 Å². The number of carbonyl (C=O) groups is 2. The number of hydrogen-bond acceptors (Lipinski definition) is 6. The quantitative estimate of drug-likeness (QED) is 0.244. The van der Waals surface area contributed by atoms with E-state index in [9.17, 15) is 9.59 Å². The van der Waals surface area contributed by atoms with Crippen molar-refractivity contribution in [2.45, 2.75) is 78.6 Å². The molecule has 2 aromatic heterocycles. The zero-order valence-corrected chi connectivity index (χ0v) is 24.2. The minimum Gasteiger partial charge on any atom is -0.456 e. The van der Waals surface area contributed by atoms with Crippen LogP contribution in [0.1, 0.15) is 81.9 Å². The fourth-order valence-electron chi connectivity index (χ4n) is 4.93. The molecule has 1 saturated heterocycles. The van der Waals surface area contributed by atoms with E-state index in [-0.39, 0.29) is 23.9 Å². The van der Waals surface area contributed by atoms with Crippen LogP contribution in [-0.2, 0) is 9.47 Å². The van der Waals surface area contributed by atoms with E-state index in [2.05, 4.69) is 0 Å². The summed E-state index contributed by atoms with van der Waals surface area (Å²) in [6.45, 7) is 13.5. The Balaban J connectivity index is 1.43. The van der Waals surface area contributed by atoms with Gasteiger partial charge in [-0.05, 0) is 96.7 Å². The highest BCUT2D eigenvalue weighted by Gasteiger charge is 2.33. The molecule has 0 radical (unpaired) electrons. The first-order valence-electron chi connectivity index (χ1n) is 13.2. The second-order valence-electron chi connectivity index (χ2n) is 12.1. The third-order valence-electron chi connectivity index (χ3n) is 6.59. The molecule has 1 fully saturated rings. The number of halogens is 1. The molecule has 0 unspecified atom stereocenters. The lowest BCUT2D eigenvalue weighted by Crippen LogP contribution is -2.36. The Kier molecular flexibility index (Phi) is 6.69. The average Bonchev–Trinajstić information content (AvgIpc) is 3.51. The summed E-state index contributed by atoms with van der Waals surface area (Å²) in [5.41, 5.74) is 2.72. The Morgan fingerprint density at radius 1 is 1.05 bits per heavy atom. The van der Waals surface area contributed by atoms with Crippen molar-refractivity contribution in [2.24, 2.45) is 0 Å². The molecule has 4 aromatic rings. The molecular formula is C30H34FN3O4S. The van der Waals surface area contributed by atoms with E-state index in [4.69, 9.17) is 14.5 Å². The molecule has 1 amide bonds. The van der Waals surface area contributed by atoms with Crippen molar-refractivity contribution in [1.29, 1.82) is 0 Å². The maximum Gasteiger partial charge on any atom is 0.410 e. The molecule has 1 aliphatic heterocycles. The Labute approximate surface area is 231 Å². The van der Waals surface area contributed by atoms with Gasteiger partial charge < -0.3 is 14.4 Å². The molecule has 0 aliphatic carbocycles. The first-order chi connectivity index (χ1) is 18.2. The van der Waals surface area contributed by atoms with E-state index in [1.165, 1.54) is 17.4 Å². The van der Waals surface area contributed by atoms with Gasteiger partial charge in [0.1, 0.15) is 17.0 Å². The predicted octanol–water partition coefficient (Wildman–Crippen LogP) is 7.69. The van der Waals surface area contributed by atoms with Crippen LogP contribution in [0.2, 0.25) is 0 Å². The number of nitrogens with zero attached hydrogens (tertiary/aromatic N) is 3. The number of fused-ring (bicyclic) bond motifs is 3. The molecule has 1 atom stereocenters. The lowest BCUT2D eigenvalue weighted by molar-refractivity contribution is 0.00681. The van der Waals surface area contributed by atoms with Gasteiger partial charge >= 0.3 is 12.1 Å². The van der Waals surface area contributed by atoms with Gasteiger partial charge in [0, 0.05) is 18.3 Å². The zero-order chi connectivity index (χ0) is 28.3. The van der Waals surface area contributed by atoms with Crippen molar-refractivity contribution < 1.29 is 23.5 Å². The first kappa shape index (κ1) is 27.1. The maximum absolute atomic E-state index is 15.4. The molecule has 39 heavy (non-hydrogen) atoms. The Bertz CT molecular complexity index is 1590. The number of esters is 1. The summed E-state index contributed by atoms with van der Waals surface area (Å²) >= 11 is 1.44. The van der Waals surface area contributed by atoms with Crippen molar-refractivity contribution in [3.63, 3.8) is 0 Å². The topological polar surface area (TPSA) is 73.1 Å². The van der Waals surface area contributed by atoms with Crippen LogP contribution in [0.4, 0.5) is 9.18 Å². The van der Waals surface area contributed by atoms with Gasteiger partial charge in [-0.1, -0.05) is 17.4 Å². The van der Waals surface area contributed by atoms with E-state index in [0.29, 0.717) is 28.3 Å². The number of rotatable bonds is 3. The molecule has 0 N–H and O–H groups in total. The van der Waals surface area contributed by atoms with Crippen LogP contribution in [0.5, 0.6) is 0 Å². The summed E-state index contributed by atoms with van der Waals surface area (Å²) < 4.78 is 29.4. The number of ether oxygens (including phenoxy) is 2. The molecule has 2 aromatic carbocycles. The fourth-order valence-corrected chi connectivity index (χ4v) is 5.96. The molecule has 5 rings (SSSR count). The zero-order valence-electron chi connectivity index (χ0n) is 23.4. The Morgan fingerprint density at radius 3 is 2.44 bits per heavy atom. The number of thiazole rings is 1. The minimum atomic E-state index is -0.590. The van der Waals surface area contributed by atoms with Gasteiger partial charge in [0.05, 0.1) is 27.5 Å². The van der Waals surface area contributed by atoms with Crippen molar-refractivity contribution in [2.75, 3.05) is 6.54 Å². The minimum absolute atomic E-state index is 0.222. The number of likely N-dealkylation sites (tertiary alicyclic amines) is 1. The van der Waals surface area contributed by atoms with Gasteiger partial charge in [-0.15, -0.1) is 0 Å². The number of benzene rings is 2. The second kappa shape index (κ2) is 9.62. The van der Waals surface area contributed by atoms with Crippen LogP contribution in [0, 0.1) is 12.7 Å². The van der Waals surface area contributed by atoms with Gasteiger partial charge in [-0.2, -0.15) is 0 Å². The van der Waals surface area contributed by atoms with E-state index >= 15 is 4.39 Å². The molecule has 1 aliphatic rings. The summed E-state index contributed by atoms with van der Waals surface area (Å²) in [4.78, 5) is 32.5. The number of amides is 1. The average molecular weight is 552 g/mol. The molecule has 0 saturated carbocycles. The lowest BCUT2D eigenvalue weighted by Gasteiger charge is -2.29. The van der Waals surface area contributed by atoms with Gasteiger partial charge in [0.25, 0.3) is 0 Å². The standard InChI is InChI=1S/C30H34FN3O4S/c1-17-13-24-25(15-20(17)26(35)37-29(2,3)4)39-27-32-22(16-34(24)27)19-11-10-18(14-21(19)31)23-9-8-12-33(23)28(36)38-30(5,6)7/h10-11,13-16,23H,8-9,12H2,1-7H3/t23-/m1/s1. The van der Waals surface area contributed by atoms with Crippen LogP contribution in [0.25, 0.3) is 26.4 Å². The first-order valence-corrected chi connectivity index (χ1v) is 14.0. The van der Waals surface area contributed by atoms with Gasteiger partial charge in [-0.25, -0.2) is 19.0 Å². The van der Waals surface area contributed by atoms with Gasteiger partial charge in [0.15, 0.2) is 4.96 Å². The van der Waals surface area contributed by atoms with Crippen molar-refractivity contribution in [3.05, 3.63) is 59.0 Å². The highest BCUT2D eigenvalue weighted by atomic mass is 32.1. The maximum atomic E-state index is 15.4. The fraction of sp³-hybridized carbons (Fsp3) is 0.433. The predicted molar refractivity (Wildman–Crippen MR) is 151 cm³/mol. The Hall–Kier alpha value is -3.46. The monoisotopic (exact) mass is 551 g/mol. The lowest BCUT2D eigenvalue weighted by atomic mass is 10.0. The van der Waals surface area contributed by atoms with E-state index in [1.807, 2.05) is 77.3 Å². The third kappa shape index (κ3) is 5.50. The number of imidazole rings is 1. The van der Waals surface area contributed by atoms with Crippen molar-refractivity contribution >= 4 is 38.6 Å². The smallest absolute Gasteiger partial charge is 0.410 e. The van der Waals surface area contributed by atoms with Crippen LogP contribution < -0.4 is 0 Å². The number of hydrogen-bond donors (Lipinski definition) is 0. The van der Waals surface area contributed by atoms with Crippen molar-refractivity contribution in [1.82, 2.24) is 14.3 Å².